The van der Waals surface area contributed by atoms with Gasteiger partial charge in [-0.25, -0.2) is 4.39 Å². The first-order valence-corrected chi connectivity index (χ1v) is 10.4. The molecule has 1 amide bonds. The molecule has 1 fully saturated rings. The summed E-state index contributed by atoms with van der Waals surface area (Å²) in [7, 11) is 0. The van der Waals surface area contributed by atoms with Crippen molar-refractivity contribution in [1.29, 1.82) is 0 Å². The maximum absolute atomic E-state index is 13.2. The topological polar surface area (TPSA) is 58.1 Å². The van der Waals surface area contributed by atoms with Gasteiger partial charge in [-0.3, -0.25) is 4.79 Å². The summed E-state index contributed by atoms with van der Waals surface area (Å²) in [6.45, 7) is 1.84. The van der Waals surface area contributed by atoms with Gasteiger partial charge in [0, 0.05) is 18.8 Å². The van der Waals surface area contributed by atoms with Crippen molar-refractivity contribution in [3.63, 3.8) is 0 Å². The van der Waals surface area contributed by atoms with E-state index in [1.54, 1.807) is 6.07 Å². The van der Waals surface area contributed by atoms with Crippen LogP contribution in [0.3, 0.4) is 0 Å². The zero-order chi connectivity index (χ0) is 20.9. The number of benzene rings is 2. The lowest BCUT2D eigenvalue weighted by atomic mass is 9.90. The SMILES string of the molecule is O=C(Nc1ccc(F)c(Cl)c1)c1ccc(N2CCC(Cc3ccccc3)CC2)nn1. The van der Waals surface area contributed by atoms with E-state index in [1.807, 2.05) is 12.1 Å². The number of hydrogen-bond acceptors (Lipinski definition) is 4. The summed E-state index contributed by atoms with van der Waals surface area (Å²) in [5.74, 6) is 0.489. The molecule has 30 heavy (non-hydrogen) atoms. The Kier molecular flexibility index (Phi) is 6.23. The van der Waals surface area contributed by atoms with Crippen LogP contribution in [0.5, 0.6) is 0 Å². The number of aromatic nitrogens is 2. The minimum absolute atomic E-state index is 0.0510. The fraction of sp³-hybridized carbons (Fsp3) is 0.261. The summed E-state index contributed by atoms with van der Waals surface area (Å²) in [5.41, 5.74) is 1.98. The van der Waals surface area contributed by atoms with Gasteiger partial charge in [-0.1, -0.05) is 41.9 Å². The second-order valence-electron chi connectivity index (χ2n) is 7.48. The Hall–Kier alpha value is -2.99. The molecule has 3 aromatic rings. The smallest absolute Gasteiger partial charge is 0.276 e. The van der Waals surface area contributed by atoms with Crippen LogP contribution in [-0.4, -0.2) is 29.2 Å². The van der Waals surface area contributed by atoms with Crippen LogP contribution in [0.2, 0.25) is 5.02 Å². The molecule has 1 saturated heterocycles. The van der Waals surface area contributed by atoms with E-state index in [0.29, 0.717) is 11.6 Å². The van der Waals surface area contributed by atoms with Gasteiger partial charge >= 0.3 is 0 Å². The fourth-order valence-corrected chi connectivity index (χ4v) is 3.88. The van der Waals surface area contributed by atoms with Crippen LogP contribution >= 0.6 is 11.6 Å². The van der Waals surface area contributed by atoms with Gasteiger partial charge in [0.25, 0.3) is 5.91 Å². The molecule has 0 aliphatic carbocycles. The molecule has 0 atom stereocenters. The van der Waals surface area contributed by atoms with Gasteiger partial charge in [0.05, 0.1) is 5.02 Å². The predicted octanol–water partition coefficient (Wildman–Crippen LogP) is 4.98. The third-order valence-corrected chi connectivity index (χ3v) is 5.66. The summed E-state index contributed by atoms with van der Waals surface area (Å²) in [6.07, 6.45) is 3.31. The lowest BCUT2D eigenvalue weighted by molar-refractivity contribution is 0.102. The van der Waals surface area contributed by atoms with Crippen molar-refractivity contribution in [2.45, 2.75) is 19.3 Å². The van der Waals surface area contributed by atoms with Crippen molar-refractivity contribution in [2.75, 3.05) is 23.3 Å². The van der Waals surface area contributed by atoms with Crippen LogP contribution in [-0.2, 0) is 6.42 Å². The van der Waals surface area contributed by atoms with Crippen LogP contribution in [0, 0.1) is 11.7 Å². The molecule has 0 bridgehead atoms. The van der Waals surface area contributed by atoms with Gasteiger partial charge < -0.3 is 10.2 Å². The molecule has 1 aliphatic heterocycles. The fourth-order valence-electron chi connectivity index (χ4n) is 3.70. The molecule has 4 rings (SSSR count). The average molecular weight is 425 g/mol. The molecule has 1 N–H and O–H groups in total. The Morgan fingerprint density at radius 2 is 1.83 bits per heavy atom. The van der Waals surface area contributed by atoms with E-state index < -0.39 is 11.7 Å². The van der Waals surface area contributed by atoms with Crippen molar-refractivity contribution in [2.24, 2.45) is 5.92 Å². The number of nitrogens with one attached hydrogen (secondary N) is 1. The number of hydrogen-bond donors (Lipinski definition) is 1. The van der Waals surface area contributed by atoms with Crippen molar-refractivity contribution in [1.82, 2.24) is 10.2 Å². The molecule has 5 nitrogen and oxygen atoms in total. The summed E-state index contributed by atoms with van der Waals surface area (Å²) in [4.78, 5) is 14.6. The number of piperidine rings is 1. The number of nitrogens with zero attached hydrogens (tertiary/aromatic N) is 3. The number of halogens is 2. The Bertz CT molecular complexity index is 1010. The molecule has 0 unspecified atom stereocenters. The number of amides is 1. The number of carbonyl (C=O) groups excluding carboxylic acids is 1. The second kappa shape index (κ2) is 9.22. The third kappa shape index (κ3) is 4.94. The maximum atomic E-state index is 13.2. The van der Waals surface area contributed by atoms with Crippen molar-refractivity contribution in [3.8, 4) is 0 Å². The van der Waals surface area contributed by atoms with E-state index in [0.717, 1.165) is 38.2 Å². The van der Waals surface area contributed by atoms with Gasteiger partial charge in [-0.15, -0.1) is 10.2 Å². The van der Waals surface area contributed by atoms with Gasteiger partial charge in [-0.2, -0.15) is 0 Å². The lowest BCUT2D eigenvalue weighted by Gasteiger charge is -2.32. The second-order valence-corrected chi connectivity index (χ2v) is 7.89. The zero-order valence-corrected chi connectivity index (χ0v) is 17.1. The monoisotopic (exact) mass is 424 g/mol. The Labute approximate surface area is 179 Å². The van der Waals surface area contributed by atoms with E-state index >= 15 is 0 Å². The summed E-state index contributed by atoms with van der Waals surface area (Å²) in [5, 5.41) is 10.9. The number of anilines is 2. The van der Waals surface area contributed by atoms with Crippen LogP contribution in [0.25, 0.3) is 0 Å². The Morgan fingerprint density at radius 1 is 1.07 bits per heavy atom. The summed E-state index contributed by atoms with van der Waals surface area (Å²) < 4.78 is 13.2. The van der Waals surface area contributed by atoms with Crippen molar-refractivity contribution in [3.05, 3.63) is 82.8 Å². The van der Waals surface area contributed by atoms with Gasteiger partial charge in [0.2, 0.25) is 0 Å². The van der Waals surface area contributed by atoms with E-state index in [4.69, 9.17) is 11.6 Å². The highest BCUT2D eigenvalue weighted by Gasteiger charge is 2.21. The standard InChI is InChI=1S/C23H22ClFN4O/c24-19-15-18(6-7-20(19)25)26-23(30)21-8-9-22(28-27-21)29-12-10-17(11-13-29)14-16-4-2-1-3-5-16/h1-9,15,17H,10-14H2,(H,26,30). The van der Waals surface area contributed by atoms with Crippen molar-refractivity contribution >= 4 is 29.0 Å². The lowest BCUT2D eigenvalue weighted by Crippen LogP contribution is -2.35. The minimum atomic E-state index is -0.536. The summed E-state index contributed by atoms with van der Waals surface area (Å²) in [6, 6.07) is 18.1. The Balaban J connectivity index is 1.32. The summed E-state index contributed by atoms with van der Waals surface area (Å²) >= 11 is 5.75. The zero-order valence-electron chi connectivity index (χ0n) is 16.4. The molecule has 0 spiro atoms. The minimum Gasteiger partial charge on any atom is -0.355 e. The number of rotatable bonds is 5. The molecule has 0 saturated carbocycles. The van der Waals surface area contributed by atoms with E-state index in [9.17, 15) is 9.18 Å². The highest BCUT2D eigenvalue weighted by atomic mass is 35.5. The van der Waals surface area contributed by atoms with Gasteiger partial charge in [-0.05, 0) is 61.1 Å². The Morgan fingerprint density at radius 3 is 2.50 bits per heavy atom. The van der Waals surface area contributed by atoms with E-state index in [1.165, 1.54) is 23.8 Å². The van der Waals surface area contributed by atoms with Crippen LogP contribution < -0.4 is 10.2 Å². The number of carbonyl (C=O) groups is 1. The molecule has 1 aromatic heterocycles. The van der Waals surface area contributed by atoms with Gasteiger partial charge in [0.15, 0.2) is 11.5 Å². The highest BCUT2D eigenvalue weighted by Crippen LogP contribution is 2.25. The quantitative estimate of drug-likeness (QED) is 0.627. The molecular formula is C23H22ClFN4O. The first-order valence-electron chi connectivity index (χ1n) is 9.97. The molecule has 154 valence electrons. The molecular weight excluding hydrogens is 403 g/mol. The van der Waals surface area contributed by atoms with Crippen molar-refractivity contribution < 1.29 is 9.18 Å². The first kappa shape index (κ1) is 20.3. The molecule has 7 heteroatoms. The van der Waals surface area contributed by atoms with Gasteiger partial charge in [0.1, 0.15) is 5.82 Å². The average Bonchev–Trinajstić information content (AvgIpc) is 2.78. The van der Waals surface area contributed by atoms with E-state index in [2.05, 4.69) is 44.7 Å². The largest absolute Gasteiger partial charge is 0.355 e. The molecule has 0 radical (unpaired) electrons. The van der Waals surface area contributed by atoms with Crippen LogP contribution in [0.1, 0.15) is 28.9 Å². The third-order valence-electron chi connectivity index (χ3n) is 5.37. The molecule has 2 aromatic carbocycles. The molecule has 2 heterocycles. The maximum Gasteiger partial charge on any atom is 0.276 e. The van der Waals surface area contributed by atoms with E-state index in [-0.39, 0.29) is 10.7 Å². The normalized spacial score (nSPS) is 14.5. The van der Waals surface area contributed by atoms with Crippen LogP contribution in [0.15, 0.2) is 60.7 Å². The first-order chi connectivity index (χ1) is 14.6. The molecule has 1 aliphatic rings. The van der Waals surface area contributed by atoms with Crippen LogP contribution in [0.4, 0.5) is 15.9 Å². The predicted molar refractivity (Wildman–Crippen MR) is 116 cm³/mol. The highest BCUT2D eigenvalue weighted by molar-refractivity contribution is 6.31.